The summed E-state index contributed by atoms with van der Waals surface area (Å²) in [5.41, 5.74) is 0.993. The minimum absolute atomic E-state index is 0.518. The van der Waals surface area contributed by atoms with Crippen LogP contribution in [0.3, 0.4) is 0 Å². The molecule has 4 heteroatoms. The van der Waals surface area contributed by atoms with Crippen molar-refractivity contribution in [3.05, 3.63) is 36.4 Å². The van der Waals surface area contributed by atoms with Crippen LogP contribution in [0.2, 0.25) is 0 Å². The van der Waals surface area contributed by atoms with E-state index in [9.17, 15) is 0 Å². The molecule has 1 aromatic heterocycles. The zero-order chi connectivity index (χ0) is 12.8. The maximum Gasteiger partial charge on any atom is 0.196 e. The SMILES string of the molecule is CCCOc1ccc(-c2cnc(CCCl)o2)cc1. The van der Waals surface area contributed by atoms with E-state index >= 15 is 0 Å². The smallest absolute Gasteiger partial charge is 0.196 e. The Bertz CT molecular complexity index is 479. The molecule has 3 nitrogen and oxygen atoms in total. The standard InChI is InChI=1S/C14H16ClNO2/c1-2-9-17-12-5-3-11(4-6-12)13-10-16-14(18-13)7-8-15/h3-6,10H,2,7-9H2,1H3. The molecule has 18 heavy (non-hydrogen) atoms. The molecular formula is C14H16ClNO2. The number of benzene rings is 1. The predicted octanol–water partition coefficient (Wildman–Crippen LogP) is 3.91. The molecule has 2 rings (SSSR count). The molecule has 0 amide bonds. The largest absolute Gasteiger partial charge is 0.494 e. The van der Waals surface area contributed by atoms with E-state index < -0.39 is 0 Å². The molecule has 0 aliphatic heterocycles. The first kappa shape index (κ1) is 13.0. The Kier molecular flexibility index (Phi) is 4.65. The van der Waals surface area contributed by atoms with Gasteiger partial charge in [0.25, 0.3) is 0 Å². The minimum Gasteiger partial charge on any atom is -0.494 e. The number of alkyl halides is 1. The lowest BCUT2D eigenvalue weighted by Gasteiger charge is -2.04. The van der Waals surface area contributed by atoms with Crippen LogP contribution in [0, 0.1) is 0 Å². The Balaban J connectivity index is 2.07. The van der Waals surface area contributed by atoms with Crippen molar-refractivity contribution in [1.82, 2.24) is 4.98 Å². The molecule has 96 valence electrons. The Morgan fingerprint density at radius 2 is 2.06 bits per heavy atom. The fourth-order valence-electron chi connectivity index (χ4n) is 1.58. The fourth-order valence-corrected chi connectivity index (χ4v) is 1.74. The van der Waals surface area contributed by atoms with Crippen molar-refractivity contribution in [3.8, 4) is 17.1 Å². The van der Waals surface area contributed by atoms with Crippen LogP contribution in [-0.4, -0.2) is 17.5 Å². The summed E-state index contributed by atoms with van der Waals surface area (Å²) < 4.78 is 11.1. The third-order valence-electron chi connectivity index (χ3n) is 2.47. The number of hydrogen-bond acceptors (Lipinski definition) is 3. The Hall–Kier alpha value is -1.48. The maximum absolute atomic E-state index is 5.64. The Morgan fingerprint density at radius 3 is 2.72 bits per heavy atom. The number of halogens is 1. The first-order valence-corrected chi connectivity index (χ1v) is 6.61. The highest BCUT2D eigenvalue weighted by Crippen LogP contribution is 2.23. The fraction of sp³-hybridized carbons (Fsp3) is 0.357. The Labute approximate surface area is 112 Å². The number of hydrogen-bond donors (Lipinski definition) is 0. The van der Waals surface area contributed by atoms with Crippen molar-refractivity contribution in [2.24, 2.45) is 0 Å². The molecule has 0 bridgehead atoms. The topological polar surface area (TPSA) is 35.3 Å². The highest BCUT2D eigenvalue weighted by molar-refractivity contribution is 6.17. The van der Waals surface area contributed by atoms with E-state index in [0.717, 1.165) is 30.1 Å². The third-order valence-corrected chi connectivity index (χ3v) is 2.66. The van der Waals surface area contributed by atoms with Gasteiger partial charge in [-0.05, 0) is 30.7 Å². The van der Waals surface area contributed by atoms with Crippen molar-refractivity contribution in [2.45, 2.75) is 19.8 Å². The molecular weight excluding hydrogens is 250 g/mol. The quantitative estimate of drug-likeness (QED) is 0.743. The van der Waals surface area contributed by atoms with Gasteiger partial charge in [0.2, 0.25) is 0 Å². The van der Waals surface area contributed by atoms with Gasteiger partial charge < -0.3 is 9.15 Å². The van der Waals surface area contributed by atoms with E-state index in [2.05, 4.69) is 11.9 Å². The molecule has 0 saturated heterocycles. The van der Waals surface area contributed by atoms with Gasteiger partial charge >= 0.3 is 0 Å². The van der Waals surface area contributed by atoms with Crippen LogP contribution in [-0.2, 0) is 6.42 Å². The first-order valence-electron chi connectivity index (χ1n) is 6.07. The van der Waals surface area contributed by atoms with E-state index in [1.54, 1.807) is 6.20 Å². The number of rotatable bonds is 6. The average molecular weight is 266 g/mol. The minimum atomic E-state index is 0.518. The number of aromatic nitrogens is 1. The Morgan fingerprint density at radius 1 is 1.28 bits per heavy atom. The number of ether oxygens (including phenoxy) is 1. The first-order chi connectivity index (χ1) is 8.83. The molecule has 0 N–H and O–H groups in total. The van der Waals surface area contributed by atoms with Crippen LogP contribution in [0.1, 0.15) is 19.2 Å². The van der Waals surface area contributed by atoms with Crippen molar-refractivity contribution in [1.29, 1.82) is 0 Å². The molecule has 0 spiro atoms. The average Bonchev–Trinajstić information content (AvgIpc) is 2.86. The second kappa shape index (κ2) is 6.45. The molecule has 0 unspecified atom stereocenters. The summed E-state index contributed by atoms with van der Waals surface area (Å²) in [7, 11) is 0. The van der Waals surface area contributed by atoms with Gasteiger partial charge in [-0.15, -0.1) is 11.6 Å². The van der Waals surface area contributed by atoms with Gasteiger partial charge in [0, 0.05) is 17.9 Å². The summed E-state index contributed by atoms with van der Waals surface area (Å²) in [5, 5.41) is 0. The van der Waals surface area contributed by atoms with E-state index in [1.807, 2.05) is 24.3 Å². The molecule has 0 aliphatic carbocycles. The third kappa shape index (κ3) is 3.26. The maximum atomic E-state index is 5.64. The van der Waals surface area contributed by atoms with Crippen LogP contribution in [0.15, 0.2) is 34.9 Å². The van der Waals surface area contributed by atoms with Gasteiger partial charge in [-0.2, -0.15) is 0 Å². The van der Waals surface area contributed by atoms with Crippen molar-refractivity contribution < 1.29 is 9.15 Å². The van der Waals surface area contributed by atoms with E-state index in [1.165, 1.54) is 0 Å². The zero-order valence-electron chi connectivity index (χ0n) is 10.4. The summed E-state index contributed by atoms with van der Waals surface area (Å²) >= 11 is 5.64. The molecule has 0 saturated carbocycles. The van der Waals surface area contributed by atoms with E-state index in [0.29, 0.717) is 18.2 Å². The van der Waals surface area contributed by atoms with Gasteiger partial charge in [-0.1, -0.05) is 6.92 Å². The van der Waals surface area contributed by atoms with E-state index in [4.69, 9.17) is 20.8 Å². The van der Waals surface area contributed by atoms with Gasteiger partial charge in [0.15, 0.2) is 11.7 Å². The lowest BCUT2D eigenvalue weighted by Crippen LogP contribution is -1.94. The number of nitrogens with zero attached hydrogens (tertiary/aromatic N) is 1. The van der Waals surface area contributed by atoms with Gasteiger partial charge in [0.05, 0.1) is 12.8 Å². The highest BCUT2D eigenvalue weighted by atomic mass is 35.5. The lowest BCUT2D eigenvalue weighted by atomic mass is 10.2. The second-order valence-corrected chi connectivity index (χ2v) is 4.31. The predicted molar refractivity (Wildman–Crippen MR) is 72.1 cm³/mol. The van der Waals surface area contributed by atoms with Crippen LogP contribution in [0.4, 0.5) is 0 Å². The number of oxazole rings is 1. The van der Waals surface area contributed by atoms with E-state index in [-0.39, 0.29) is 0 Å². The molecule has 2 aromatic rings. The summed E-state index contributed by atoms with van der Waals surface area (Å²) in [5.74, 6) is 2.83. The van der Waals surface area contributed by atoms with Crippen LogP contribution in [0.25, 0.3) is 11.3 Å². The van der Waals surface area contributed by atoms with Crippen molar-refractivity contribution >= 4 is 11.6 Å². The normalized spacial score (nSPS) is 10.6. The van der Waals surface area contributed by atoms with Crippen molar-refractivity contribution in [2.75, 3.05) is 12.5 Å². The van der Waals surface area contributed by atoms with Crippen LogP contribution < -0.4 is 4.74 Å². The van der Waals surface area contributed by atoms with Gasteiger partial charge in [-0.25, -0.2) is 4.98 Å². The molecule has 0 fully saturated rings. The lowest BCUT2D eigenvalue weighted by molar-refractivity contribution is 0.317. The van der Waals surface area contributed by atoms with Gasteiger partial charge in [-0.3, -0.25) is 0 Å². The molecule has 0 atom stereocenters. The zero-order valence-corrected chi connectivity index (χ0v) is 11.1. The highest BCUT2D eigenvalue weighted by Gasteiger charge is 2.06. The van der Waals surface area contributed by atoms with Crippen LogP contribution >= 0.6 is 11.6 Å². The van der Waals surface area contributed by atoms with Crippen molar-refractivity contribution in [3.63, 3.8) is 0 Å². The summed E-state index contributed by atoms with van der Waals surface area (Å²) in [6, 6.07) is 7.81. The summed E-state index contributed by atoms with van der Waals surface area (Å²) in [6.07, 6.45) is 3.38. The molecule has 0 aliphatic rings. The molecule has 1 aromatic carbocycles. The van der Waals surface area contributed by atoms with Gasteiger partial charge in [0.1, 0.15) is 5.75 Å². The molecule has 1 heterocycles. The monoisotopic (exact) mass is 265 g/mol. The summed E-state index contributed by atoms with van der Waals surface area (Å²) in [6.45, 7) is 2.82. The molecule has 0 radical (unpaired) electrons. The summed E-state index contributed by atoms with van der Waals surface area (Å²) in [4.78, 5) is 4.17. The van der Waals surface area contributed by atoms with Crippen LogP contribution in [0.5, 0.6) is 5.75 Å². The second-order valence-electron chi connectivity index (χ2n) is 3.93. The number of aryl methyl sites for hydroxylation is 1.